The average molecular weight is 392 g/mol. The lowest BCUT2D eigenvalue weighted by molar-refractivity contribution is 0.0787. The molecule has 10 heteroatoms. The van der Waals surface area contributed by atoms with E-state index in [0.29, 0.717) is 29.9 Å². The van der Waals surface area contributed by atoms with Crippen molar-refractivity contribution in [3.05, 3.63) is 41.0 Å². The SMILES string of the molecule is O=C(c1cc(S(=O)(=O)Nc2ccc3[nH]c(=S)oc3c2)c[nH]1)N1CCCC1. The van der Waals surface area contributed by atoms with Crippen LogP contribution in [-0.2, 0) is 10.0 Å². The number of aromatic nitrogens is 2. The topological polar surface area (TPSA) is 111 Å². The van der Waals surface area contributed by atoms with Gasteiger partial charge < -0.3 is 19.3 Å². The van der Waals surface area contributed by atoms with Gasteiger partial charge in [-0.2, -0.15) is 0 Å². The highest BCUT2D eigenvalue weighted by molar-refractivity contribution is 7.92. The molecule has 3 N–H and O–H groups in total. The quantitative estimate of drug-likeness (QED) is 0.591. The first-order valence-electron chi connectivity index (χ1n) is 8.06. The van der Waals surface area contributed by atoms with E-state index in [0.717, 1.165) is 12.8 Å². The van der Waals surface area contributed by atoms with Crippen LogP contribution in [0.1, 0.15) is 23.3 Å². The van der Waals surface area contributed by atoms with E-state index in [-0.39, 0.29) is 21.3 Å². The summed E-state index contributed by atoms with van der Waals surface area (Å²) in [5, 5.41) is 0. The van der Waals surface area contributed by atoms with Crippen molar-refractivity contribution in [3.8, 4) is 0 Å². The van der Waals surface area contributed by atoms with E-state index >= 15 is 0 Å². The van der Waals surface area contributed by atoms with E-state index < -0.39 is 10.0 Å². The molecule has 1 amide bonds. The third-order valence-corrected chi connectivity index (χ3v) is 5.81. The van der Waals surface area contributed by atoms with Crippen molar-refractivity contribution in [2.24, 2.45) is 0 Å². The van der Waals surface area contributed by atoms with Gasteiger partial charge in [0.05, 0.1) is 11.2 Å². The number of hydrogen-bond acceptors (Lipinski definition) is 5. The lowest BCUT2D eigenvalue weighted by Gasteiger charge is -2.13. The highest BCUT2D eigenvalue weighted by atomic mass is 32.2. The second kappa shape index (κ2) is 6.29. The van der Waals surface area contributed by atoms with Crippen LogP contribution in [0, 0.1) is 4.84 Å². The molecule has 0 aliphatic carbocycles. The highest BCUT2D eigenvalue weighted by Gasteiger charge is 2.23. The molecule has 0 atom stereocenters. The van der Waals surface area contributed by atoms with Crippen LogP contribution in [0.2, 0.25) is 0 Å². The van der Waals surface area contributed by atoms with E-state index in [1.54, 1.807) is 23.1 Å². The number of H-pyrrole nitrogens is 2. The molecule has 136 valence electrons. The molecule has 4 rings (SSSR count). The summed E-state index contributed by atoms with van der Waals surface area (Å²) in [6.07, 6.45) is 3.25. The number of carbonyl (C=O) groups is 1. The van der Waals surface area contributed by atoms with Gasteiger partial charge in [0, 0.05) is 25.4 Å². The fourth-order valence-electron chi connectivity index (χ4n) is 2.97. The van der Waals surface area contributed by atoms with Crippen LogP contribution in [0.4, 0.5) is 5.69 Å². The molecule has 2 aromatic heterocycles. The summed E-state index contributed by atoms with van der Waals surface area (Å²) in [5.74, 6) is -0.186. The minimum Gasteiger partial charge on any atom is -0.429 e. The summed E-state index contributed by atoms with van der Waals surface area (Å²) in [6.45, 7) is 1.40. The van der Waals surface area contributed by atoms with Crippen LogP contribution in [0.3, 0.4) is 0 Å². The summed E-state index contributed by atoms with van der Waals surface area (Å²) in [5.41, 5.74) is 1.73. The number of amides is 1. The van der Waals surface area contributed by atoms with Gasteiger partial charge >= 0.3 is 0 Å². The van der Waals surface area contributed by atoms with Crippen molar-refractivity contribution in [1.29, 1.82) is 0 Å². The zero-order valence-corrected chi connectivity index (χ0v) is 15.2. The fraction of sp³-hybridized carbons (Fsp3) is 0.250. The standard InChI is InChI=1S/C16H16N4O4S2/c21-15(20-5-1-2-6-20)13-8-11(9-17-13)26(22,23)19-10-3-4-12-14(7-10)24-16(25)18-12/h3-4,7-9,17,19H,1-2,5-6H2,(H,18,25). The maximum Gasteiger partial charge on any atom is 0.270 e. The summed E-state index contributed by atoms with van der Waals surface area (Å²) in [4.78, 5) is 19.9. The van der Waals surface area contributed by atoms with Crippen molar-refractivity contribution in [2.75, 3.05) is 17.8 Å². The number of nitrogens with one attached hydrogen (secondary N) is 3. The Morgan fingerprint density at radius 3 is 2.77 bits per heavy atom. The number of oxazole rings is 1. The Hall–Kier alpha value is -2.59. The number of aromatic amines is 2. The van der Waals surface area contributed by atoms with Gasteiger partial charge in [-0.15, -0.1) is 0 Å². The van der Waals surface area contributed by atoms with E-state index in [4.69, 9.17) is 16.6 Å². The maximum absolute atomic E-state index is 12.6. The van der Waals surface area contributed by atoms with Gasteiger partial charge in [0.1, 0.15) is 10.6 Å². The Morgan fingerprint density at radius 2 is 2.00 bits per heavy atom. The first kappa shape index (κ1) is 16.9. The molecule has 0 spiro atoms. The van der Waals surface area contributed by atoms with Gasteiger partial charge in [-0.05, 0) is 43.3 Å². The number of nitrogens with zero attached hydrogens (tertiary/aromatic N) is 1. The Kier molecular flexibility index (Phi) is 4.08. The molecule has 3 aromatic rings. The van der Waals surface area contributed by atoms with E-state index in [1.807, 2.05) is 0 Å². The normalized spacial score (nSPS) is 14.8. The summed E-state index contributed by atoms with van der Waals surface area (Å²) in [7, 11) is -3.84. The molecule has 3 heterocycles. The smallest absolute Gasteiger partial charge is 0.270 e. The van der Waals surface area contributed by atoms with Crippen LogP contribution >= 0.6 is 12.2 Å². The largest absolute Gasteiger partial charge is 0.429 e. The minimum absolute atomic E-state index is 0.00453. The van der Waals surface area contributed by atoms with Gasteiger partial charge in [0.15, 0.2) is 5.58 Å². The predicted octanol–water partition coefficient (Wildman–Crippen LogP) is 2.86. The molecule has 1 saturated heterocycles. The monoisotopic (exact) mass is 392 g/mol. The average Bonchev–Trinajstić information content (AvgIpc) is 3.33. The van der Waals surface area contributed by atoms with E-state index in [1.165, 1.54) is 12.3 Å². The first-order chi connectivity index (χ1) is 12.4. The molecule has 8 nitrogen and oxygen atoms in total. The van der Waals surface area contributed by atoms with Gasteiger partial charge in [-0.1, -0.05) is 0 Å². The zero-order chi connectivity index (χ0) is 18.3. The van der Waals surface area contributed by atoms with Crippen molar-refractivity contribution >= 4 is 44.9 Å². The van der Waals surface area contributed by atoms with Crippen molar-refractivity contribution in [1.82, 2.24) is 14.9 Å². The third kappa shape index (κ3) is 3.13. The van der Waals surface area contributed by atoms with E-state index in [2.05, 4.69) is 14.7 Å². The van der Waals surface area contributed by atoms with Gasteiger partial charge in [0.25, 0.3) is 20.8 Å². The molecule has 1 aliphatic heterocycles. The Labute approximate surface area is 154 Å². The molecular weight excluding hydrogens is 376 g/mol. The molecule has 0 saturated carbocycles. The molecule has 0 unspecified atom stereocenters. The predicted molar refractivity (Wildman–Crippen MR) is 98.1 cm³/mol. The molecular formula is C16H16N4O4S2. The van der Waals surface area contributed by atoms with Crippen molar-refractivity contribution < 1.29 is 17.6 Å². The number of benzene rings is 1. The Bertz CT molecular complexity index is 1140. The molecule has 1 aliphatic rings. The van der Waals surface area contributed by atoms with Crippen LogP contribution in [0.5, 0.6) is 0 Å². The maximum atomic E-state index is 12.6. The lowest BCUT2D eigenvalue weighted by Crippen LogP contribution is -2.27. The Balaban J connectivity index is 1.57. The van der Waals surface area contributed by atoms with Gasteiger partial charge in [-0.3, -0.25) is 9.52 Å². The number of hydrogen-bond donors (Lipinski definition) is 3. The molecule has 0 bridgehead atoms. The number of anilines is 1. The Morgan fingerprint density at radius 1 is 1.23 bits per heavy atom. The summed E-state index contributed by atoms with van der Waals surface area (Å²) < 4.78 is 32.9. The van der Waals surface area contributed by atoms with Crippen LogP contribution in [-0.4, -0.2) is 42.3 Å². The molecule has 26 heavy (non-hydrogen) atoms. The first-order valence-corrected chi connectivity index (χ1v) is 9.95. The number of sulfonamides is 1. The molecule has 0 radical (unpaired) electrons. The lowest BCUT2D eigenvalue weighted by atomic mass is 10.3. The second-order valence-electron chi connectivity index (χ2n) is 6.08. The molecule has 1 aromatic carbocycles. The van der Waals surface area contributed by atoms with Gasteiger partial charge in [-0.25, -0.2) is 8.42 Å². The van der Waals surface area contributed by atoms with Gasteiger partial charge in [0.2, 0.25) is 0 Å². The number of carbonyl (C=O) groups excluding carboxylic acids is 1. The van der Waals surface area contributed by atoms with Crippen molar-refractivity contribution in [3.63, 3.8) is 0 Å². The second-order valence-corrected chi connectivity index (χ2v) is 8.13. The summed E-state index contributed by atoms with van der Waals surface area (Å²) in [6, 6.07) is 6.17. The zero-order valence-electron chi connectivity index (χ0n) is 13.6. The minimum atomic E-state index is -3.84. The van der Waals surface area contributed by atoms with E-state index in [9.17, 15) is 13.2 Å². The summed E-state index contributed by atoms with van der Waals surface area (Å²) >= 11 is 4.91. The van der Waals surface area contributed by atoms with Crippen LogP contribution < -0.4 is 4.72 Å². The third-order valence-electron chi connectivity index (χ3n) is 4.26. The fourth-order valence-corrected chi connectivity index (χ4v) is 4.21. The van der Waals surface area contributed by atoms with Crippen molar-refractivity contribution in [2.45, 2.75) is 17.7 Å². The highest BCUT2D eigenvalue weighted by Crippen LogP contribution is 2.22. The number of fused-ring (bicyclic) bond motifs is 1. The van der Waals surface area contributed by atoms with Crippen LogP contribution in [0.15, 0.2) is 39.8 Å². The van der Waals surface area contributed by atoms with Crippen LogP contribution in [0.25, 0.3) is 11.1 Å². The number of likely N-dealkylation sites (tertiary alicyclic amines) is 1. The molecule has 1 fully saturated rings. The number of rotatable bonds is 4.